The molecule has 6 nitrogen and oxygen atoms in total. The van der Waals surface area contributed by atoms with Crippen molar-refractivity contribution in [3.63, 3.8) is 0 Å². The molecule has 25 heavy (non-hydrogen) atoms. The van der Waals surface area contributed by atoms with Crippen LogP contribution in [0.1, 0.15) is 39.2 Å². The van der Waals surface area contributed by atoms with Gasteiger partial charge in [0.05, 0.1) is 6.10 Å². The first-order valence-electron chi connectivity index (χ1n) is 8.62. The van der Waals surface area contributed by atoms with Gasteiger partial charge in [0.2, 0.25) is 0 Å². The number of rotatable bonds is 5. The van der Waals surface area contributed by atoms with Crippen molar-refractivity contribution in [3.8, 4) is 0 Å². The summed E-state index contributed by atoms with van der Waals surface area (Å²) in [7, 11) is 0. The van der Waals surface area contributed by atoms with Crippen molar-refractivity contribution in [2.24, 2.45) is 0 Å². The van der Waals surface area contributed by atoms with Crippen molar-refractivity contribution in [1.82, 2.24) is 4.90 Å². The van der Waals surface area contributed by atoms with Gasteiger partial charge in [0, 0.05) is 13.1 Å². The quantitative estimate of drug-likeness (QED) is 0.764. The highest BCUT2D eigenvalue weighted by atomic mass is 16.6. The summed E-state index contributed by atoms with van der Waals surface area (Å²) in [5.41, 5.74) is 0.457. The number of benzene rings is 1. The van der Waals surface area contributed by atoms with E-state index < -0.39 is 5.60 Å². The summed E-state index contributed by atoms with van der Waals surface area (Å²) in [6.07, 6.45) is 1.02. The lowest BCUT2D eigenvalue weighted by Crippen LogP contribution is -2.41. The molecule has 1 fully saturated rings. The molecule has 0 spiro atoms. The highest BCUT2D eigenvalue weighted by Crippen LogP contribution is 2.16. The monoisotopic (exact) mass is 349 g/mol. The molecule has 138 valence electrons. The second-order valence-electron chi connectivity index (χ2n) is 7.12. The Kier molecular flexibility index (Phi) is 6.82. The molecule has 0 bridgehead atoms. The van der Waals surface area contributed by atoms with Crippen molar-refractivity contribution in [3.05, 3.63) is 35.9 Å². The summed E-state index contributed by atoms with van der Waals surface area (Å²) in [5.74, 6) is -0.364. The summed E-state index contributed by atoms with van der Waals surface area (Å²) >= 11 is 0. The zero-order valence-corrected chi connectivity index (χ0v) is 15.2. The van der Waals surface area contributed by atoms with E-state index in [-0.39, 0.29) is 31.4 Å². The van der Waals surface area contributed by atoms with Crippen LogP contribution in [-0.4, -0.2) is 48.4 Å². The van der Waals surface area contributed by atoms with E-state index >= 15 is 0 Å². The Labute approximate surface area is 149 Å². The summed E-state index contributed by atoms with van der Waals surface area (Å²) in [6.45, 7) is 6.81. The van der Waals surface area contributed by atoms with Gasteiger partial charge in [0.15, 0.2) is 0 Å². The Morgan fingerprint density at radius 1 is 1.12 bits per heavy atom. The Balaban J connectivity index is 1.65. The SMILES string of the molecule is CC(C)(C)OC(=O)COC1CCN(C(=O)OCc2ccccc2)CC1. The number of carbonyl (C=O) groups excluding carboxylic acids is 2. The zero-order valence-electron chi connectivity index (χ0n) is 15.2. The topological polar surface area (TPSA) is 65.1 Å². The Bertz CT molecular complexity index is 559. The molecule has 0 saturated carbocycles. The van der Waals surface area contributed by atoms with Gasteiger partial charge in [-0.3, -0.25) is 0 Å². The van der Waals surface area contributed by atoms with E-state index in [0.717, 1.165) is 5.56 Å². The third-order valence-electron chi connectivity index (χ3n) is 3.76. The predicted octanol–water partition coefficient (Wildman–Crippen LogP) is 3.15. The fourth-order valence-electron chi connectivity index (χ4n) is 2.57. The molecule has 0 atom stereocenters. The second-order valence-corrected chi connectivity index (χ2v) is 7.12. The first kappa shape index (κ1) is 19.2. The molecule has 1 aliphatic heterocycles. The van der Waals surface area contributed by atoms with Gasteiger partial charge >= 0.3 is 12.1 Å². The fourth-order valence-corrected chi connectivity index (χ4v) is 2.57. The van der Waals surface area contributed by atoms with Crippen molar-refractivity contribution in [2.75, 3.05) is 19.7 Å². The van der Waals surface area contributed by atoms with Gasteiger partial charge in [-0.2, -0.15) is 0 Å². The largest absolute Gasteiger partial charge is 0.458 e. The van der Waals surface area contributed by atoms with E-state index in [9.17, 15) is 9.59 Å². The number of hydrogen-bond donors (Lipinski definition) is 0. The molecule has 1 aromatic carbocycles. The normalized spacial score (nSPS) is 15.7. The van der Waals surface area contributed by atoms with Crippen LogP contribution in [0.25, 0.3) is 0 Å². The van der Waals surface area contributed by atoms with Gasteiger partial charge in [0.25, 0.3) is 0 Å². The van der Waals surface area contributed by atoms with Crippen LogP contribution in [0.2, 0.25) is 0 Å². The zero-order chi connectivity index (χ0) is 18.3. The van der Waals surface area contributed by atoms with Crippen LogP contribution in [0.4, 0.5) is 4.79 Å². The molecule has 0 aliphatic carbocycles. The highest BCUT2D eigenvalue weighted by Gasteiger charge is 2.25. The molecule has 0 radical (unpaired) electrons. The summed E-state index contributed by atoms with van der Waals surface area (Å²) in [6, 6.07) is 9.59. The molecule has 6 heteroatoms. The van der Waals surface area contributed by atoms with Gasteiger partial charge in [-0.1, -0.05) is 30.3 Å². The maximum absolute atomic E-state index is 12.1. The standard InChI is InChI=1S/C19H27NO5/c1-19(2,3)25-17(21)14-23-16-9-11-20(12-10-16)18(22)24-13-15-7-5-4-6-8-15/h4-8,16H,9-14H2,1-3H3. The van der Waals surface area contributed by atoms with Gasteiger partial charge in [-0.25, -0.2) is 9.59 Å². The second kappa shape index (κ2) is 8.85. The smallest absolute Gasteiger partial charge is 0.410 e. The van der Waals surface area contributed by atoms with Crippen molar-refractivity contribution in [1.29, 1.82) is 0 Å². The van der Waals surface area contributed by atoms with E-state index in [0.29, 0.717) is 25.9 Å². The Morgan fingerprint density at radius 3 is 2.36 bits per heavy atom. The minimum atomic E-state index is -0.508. The molecule has 1 saturated heterocycles. The molecule has 1 heterocycles. The highest BCUT2D eigenvalue weighted by molar-refractivity contribution is 5.71. The van der Waals surface area contributed by atoms with Crippen LogP contribution in [0.3, 0.4) is 0 Å². The van der Waals surface area contributed by atoms with Crippen molar-refractivity contribution >= 4 is 12.1 Å². The number of carbonyl (C=O) groups is 2. The van der Waals surface area contributed by atoms with E-state index in [1.165, 1.54) is 0 Å². The first-order chi connectivity index (χ1) is 11.8. The molecular weight excluding hydrogens is 322 g/mol. The van der Waals surface area contributed by atoms with Crippen LogP contribution in [0.5, 0.6) is 0 Å². The maximum atomic E-state index is 12.1. The Hall–Kier alpha value is -2.08. The van der Waals surface area contributed by atoms with E-state index in [1.54, 1.807) is 4.90 Å². The molecule has 1 aliphatic rings. The van der Waals surface area contributed by atoms with Crippen molar-refractivity contribution in [2.45, 2.75) is 51.9 Å². The summed E-state index contributed by atoms with van der Waals surface area (Å²) < 4.78 is 16.1. The maximum Gasteiger partial charge on any atom is 0.410 e. The average Bonchev–Trinajstić information content (AvgIpc) is 2.58. The number of likely N-dealkylation sites (tertiary alicyclic amines) is 1. The summed E-state index contributed by atoms with van der Waals surface area (Å²) in [4.78, 5) is 25.4. The minimum Gasteiger partial charge on any atom is -0.458 e. The number of hydrogen-bond acceptors (Lipinski definition) is 5. The van der Waals surface area contributed by atoms with E-state index in [2.05, 4.69) is 0 Å². The first-order valence-corrected chi connectivity index (χ1v) is 8.62. The molecule has 1 amide bonds. The third-order valence-corrected chi connectivity index (χ3v) is 3.76. The van der Waals surface area contributed by atoms with Gasteiger partial charge < -0.3 is 19.1 Å². The predicted molar refractivity (Wildman–Crippen MR) is 93.0 cm³/mol. The average molecular weight is 349 g/mol. The van der Waals surface area contributed by atoms with Gasteiger partial charge in [0.1, 0.15) is 18.8 Å². The van der Waals surface area contributed by atoms with Gasteiger partial charge in [-0.15, -0.1) is 0 Å². The Morgan fingerprint density at radius 2 is 1.76 bits per heavy atom. The number of esters is 1. The lowest BCUT2D eigenvalue weighted by atomic mass is 10.1. The fraction of sp³-hybridized carbons (Fsp3) is 0.579. The molecule has 0 aromatic heterocycles. The molecule has 2 rings (SSSR count). The third kappa shape index (κ3) is 7.13. The van der Waals surface area contributed by atoms with E-state index in [1.807, 2.05) is 51.1 Å². The van der Waals surface area contributed by atoms with Crippen LogP contribution in [-0.2, 0) is 25.6 Å². The van der Waals surface area contributed by atoms with Crippen LogP contribution < -0.4 is 0 Å². The number of ether oxygens (including phenoxy) is 3. The van der Waals surface area contributed by atoms with Crippen LogP contribution >= 0.6 is 0 Å². The van der Waals surface area contributed by atoms with Crippen molar-refractivity contribution < 1.29 is 23.8 Å². The number of piperidine rings is 1. The molecular formula is C19H27NO5. The lowest BCUT2D eigenvalue weighted by Gasteiger charge is -2.31. The van der Waals surface area contributed by atoms with E-state index in [4.69, 9.17) is 14.2 Å². The summed E-state index contributed by atoms with van der Waals surface area (Å²) in [5, 5.41) is 0. The molecule has 1 aromatic rings. The number of nitrogens with zero attached hydrogens (tertiary/aromatic N) is 1. The van der Waals surface area contributed by atoms with Gasteiger partial charge in [-0.05, 0) is 39.2 Å². The molecule has 0 N–H and O–H groups in total. The molecule has 0 unspecified atom stereocenters. The number of amides is 1. The van der Waals surface area contributed by atoms with Crippen LogP contribution in [0, 0.1) is 0 Å². The lowest BCUT2D eigenvalue weighted by molar-refractivity contribution is -0.163. The minimum absolute atomic E-state index is 0.0364. The van der Waals surface area contributed by atoms with Crippen LogP contribution in [0.15, 0.2) is 30.3 Å².